The fourth-order valence-corrected chi connectivity index (χ4v) is 3.82. The molecule has 0 saturated heterocycles. The molecule has 0 atom stereocenters. The summed E-state index contributed by atoms with van der Waals surface area (Å²) in [6.07, 6.45) is 1.80. The van der Waals surface area contributed by atoms with E-state index in [1.165, 1.54) is 16.8 Å². The number of halogens is 3. The Morgan fingerprint density at radius 1 is 1.26 bits per heavy atom. The molecule has 11 heteroatoms. The number of carbonyl (C=O) groups excluding carboxylic acids is 1. The van der Waals surface area contributed by atoms with Gasteiger partial charge in [0.1, 0.15) is 17.9 Å². The standard InChI is InChI=1S/C24H22F3N5O3/c1-14-5-7-17(21-30-23(35-31-21)16-3-2-4-16)9-18(14)29-22(33)19-10-28-20-8-6-15(11-32(19)20)12-34-13-24(25,26)27/h5-11,16H,2-4,12-13H2,1H3,(H,29,33). The van der Waals surface area contributed by atoms with E-state index in [0.29, 0.717) is 40.1 Å². The van der Waals surface area contributed by atoms with Crippen LogP contribution in [-0.4, -0.2) is 38.2 Å². The van der Waals surface area contributed by atoms with Crippen LogP contribution in [0, 0.1) is 6.92 Å². The van der Waals surface area contributed by atoms with Crippen LogP contribution in [0.25, 0.3) is 17.0 Å². The molecule has 4 aromatic rings. The second-order valence-corrected chi connectivity index (χ2v) is 8.58. The van der Waals surface area contributed by atoms with Crippen LogP contribution in [0.2, 0.25) is 0 Å². The highest BCUT2D eigenvalue weighted by Gasteiger charge is 2.27. The SMILES string of the molecule is Cc1ccc(-c2noc(C3CCC3)n2)cc1NC(=O)c1cnc2ccc(COCC(F)(F)F)cn12. The fourth-order valence-electron chi connectivity index (χ4n) is 3.82. The van der Waals surface area contributed by atoms with Crippen LogP contribution in [0.15, 0.2) is 47.2 Å². The molecule has 3 aromatic heterocycles. The van der Waals surface area contributed by atoms with Crippen molar-refractivity contribution in [3.63, 3.8) is 0 Å². The summed E-state index contributed by atoms with van der Waals surface area (Å²) in [6, 6.07) is 8.72. The van der Waals surface area contributed by atoms with E-state index in [1.807, 2.05) is 19.1 Å². The van der Waals surface area contributed by atoms with Crippen molar-refractivity contribution in [2.45, 2.75) is 44.9 Å². The van der Waals surface area contributed by atoms with E-state index < -0.39 is 18.7 Å². The van der Waals surface area contributed by atoms with Gasteiger partial charge < -0.3 is 14.6 Å². The number of imidazole rings is 1. The minimum absolute atomic E-state index is 0.231. The number of aryl methyl sites for hydroxylation is 1. The molecule has 0 aliphatic heterocycles. The molecule has 5 rings (SSSR count). The lowest BCUT2D eigenvalue weighted by molar-refractivity contribution is -0.176. The average Bonchev–Trinajstić information content (AvgIpc) is 3.40. The zero-order valence-electron chi connectivity index (χ0n) is 18.8. The lowest BCUT2D eigenvalue weighted by atomic mass is 9.85. The molecule has 1 aromatic carbocycles. The lowest BCUT2D eigenvalue weighted by Crippen LogP contribution is -2.17. The van der Waals surface area contributed by atoms with Crippen LogP contribution in [0.1, 0.15) is 52.7 Å². The van der Waals surface area contributed by atoms with Crippen LogP contribution in [0.3, 0.4) is 0 Å². The second-order valence-electron chi connectivity index (χ2n) is 8.58. The zero-order chi connectivity index (χ0) is 24.6. The predicted octanol–water partition coefficient (Wildman–Crippen LogP) is 5.29. The van der Waals surface area contributed by atoms with Gasteiger partial charge in [0.2, 0.25) is 11.7 Å². The number of alkyl halides is 3. The first-order valence-corrected chi connectivity index (χ1v) is 11.1. The van der Waals surface area contributed by atoms with E-state index >= 15 is 0 Å². The van der Waals surface area contributed by atoms with Crippen LogP contribution < -0.4 is 5.32 Å². The summed E-state index contributed by atoms with van der Waals surface area (Å²) in [5, 5.41) is 6.97. The van der Waals surface area contributed by atoms with Crippen molar-refractivity contribution in [1.82, 2.24) is 19.5 Å². The van der Waals surface area contributed by atoms with Crippen LogP contribution in [0.5, 0.6) is 0 Å². The minimum Gasteiger partial charge on any atom is -0.367 e. The number of ether oxygens (including phenoxy) is 1. The Morgan fingerprint density at radius 3 is 2.83 bits per heavy atom. The molecule has 0 spiro atoms. The first kappa shape index (κ1) is 23.0. The van der Waals surface area contributed by atoms with Crippen molar-refractivity contribution in [3.05, 3.63) is 65.4 Å². The maximum absolute atomic E-state index is 13.1. The van der Waals surface area contributed by atoms with Crippen molar-refractivity contribution < 1.29 is 27.2 Å². The Morgan fingerprint density at radius 2 is 2.09 bits per heavy atom. The molecule has 0 radical (unpaired) electrons. The van der Waals surface area contributed by atoms with Gasteiger partial charge in [-0.3, -0.25) is 9.20 Å². The van der Waals surface area contributed by atoms with Gasteiger partial charge in [-0.25, -0.2) is 4.98 Å². The summed E-state index contributed by atoms with van der Waals surface area (Å²) in [6.45, 7) is 0.268. The molecule has 8 nitrogen and oxygen atoms in total. The summed E-state index contributed by atoms with van der Waals surface area (Å²) >= 11 is 0. The molecule has 3 heterocycles. The Kier molecular flexibility index (Phi) is 6.01. The third kappa shape index (κ3) is 5.04. The third-order valence-electron chi connectivity index (χ3n) is 5.97. The van der Waals surface area contributed by atoms with Gasteiger partial charge in [0.25, 0.3) is 5.91 Å². The zero-order valence-corrected chi connectivity index (χ0v) is 18.8. The van der Waals surface area contributed by atoms with Gasteiger partial charge in [-0.15, -0.1) is 0 Å². The highest BCUT2D eigenvalue weighted by atomic mass is 19.4. The molecule has 182 valence electrons. The minimum atomic E-state index is -4.41. The lowest BCUT2D eigenvalue weighted by Gasteiger charge is -2.20. The fraction of sp³-hybridized carbons (Fsp3) is 0.333. The normalized spacial score (nSPS) is 14.3. The van der Waals surface area contributed by atoms with Crippen LogP contribution in [-0.2, 0) is 11.3 Å². The molecule has 1 amide bonds. The monoisotopic (exact) mass is 485 g/mol. The van der Waals surface area contributed by atoms with E-state index in [9.17, 15) is 18.0 Å². The topological polar surface area (TPSA) is 94.6 Å². The van der Waals surface area contributed by atoms with Gasteiger partial charge in [-0.1, -0.05) is 29.8 Å². The number of anilines is 1. The highest BCUT2D eigenvalue weighted by molar-refractivity contribution is 6.04. The van der Waals surface area contributed by atoms with E-state index in [4.69, 9.17) is 9.26 Å². The number of hydrogen-bond donors (Lipinski definition) is 1. The van der Waals surface area contributed by atoms with Crippen LogP contribution >= 0.6 is 0 Å². The van der Waals surface area contributed by atoms with E-state index in [0.717, 1.165) is 24.8 Å². The maximum Gasteiger partial charge on any atom is 0.411 e. The highest BCUT2D eigenvalue weighted by Crippen LogP contribution is 2.36. The molecule has 0 unspecified atom stereocenters. The molecule has 0 bridgehead atoms. The summed E-state index contributed by atoms with van der Waals surface area (Å²) in [4.78, 5) is 21.8. The smallest absolute Gasteiger partial charge is 0.367 e. The number of benzene rings is 1. The van der Waals surface area contributed by atoms with E-state index in [1.54, 1.807) is 18.2 Å². The van der Waals surface area contributed by atoms with Crippen LogP contribution in [0.4, 0.5) is 18.9 Å². The van der Waals surface area contributed by atoms with Crippen molar-refractivity contribution in [3.8, 4) is 11.4 Å². The number of pyridine rings is 1. The number of nitrogens with one attached hydrogen (secondary N) is 1. The maximum atomic E-state index is 13.1. The van der Waals surface area contributed by atoms with Gasteiger partial charge in [0, 0.05) is 23.4 Å². The molecule has 1 fully saturated rings. The van der Waals surface area contributed by atoms with Gasteiger partial charge in [-0.05, 0) is 43.0 Å². The van der Waals surface area contributed by atoms with Gasteiger partial charge >= 0.3 is 6.18 Å². The molecule has 1 N–H and O–H groups in total. The van der Waals surface area contributed by atoms with Gasteiger partial charge in [-0.2, -0.15) is 18.2 Å². The number of nitrogens with zero attached hydrogens (tertiary/aromatic N) is 4. The Balaban J connectivity index is 1.34. The number of aromatic nitrogens is 4. The quantitative estimate of drug-likeness (QED) is 0.382. The van der Waals surface area contributed by atoms with Crippen molar-refractivity contribution in [2.24, 2.45) is 0 Å². The Hall–Kier alpha value is -3.73. The third-order valence-corrected chi connectivity index (χ3v) is 5.97. The summed E-state index contributed by atoms with van der Waals surface area (Å²) in [5.74, 6) is 0.994. The number of fused-ring (bicyclic) bond motifs is 1. The first-order chi connectivity index (χ1) is 16.8. The number of amides is 1. The molecular formula is C24H22F3N5O3. The Bertz CT molecular complexity index is 1370. The average molecular weight is 485 g/mol. The van der Waals surface area contributed by atoms with Gasteiger partial charge in [0.15, 0.2) is 0 Å². The summed E-state index contributed by atoms with van der Waals surface area (Å²) in [5.41, 5.74) is 3.31. The first-order valence-electron chi connectivity index (χ1n) is 11.1. The molecule has 1 aliphatic carbocycles. The second kappa shape index (κ2) is 9.14. The number of rotatable bonds is 7. The van der Waals surface area contributed by atoms with E-state index in [-0.39, 0.29) is 12.3 Å². The van der Waals surface area contributed by atoms with E-state index in [2.05, 4.69) is 20.4 Å². The number of hydrogen-bond acceptors (Lipinski definition) is 6. The summed E-state index contributed by atoms with van der Waals surface area (Å²) in [7, 11) is 0. The van der Waals surface area contributed by atoms with Crippen molar-refractivity contribution >= 4 is 17.2 Å². The Labute approximate surface area is 198 Å². The largest absolute Gasteiger partial charge is 0.411 e. The summed E-state index contributed by atoms with van der Waals surface area (Å²) < 4.78 is 48.7. The molecular weight excluding hydrogens is 463 g/mol. The number of carbonyl (C=O) groups is 1. The van der Waals surface area contributed by atoms with Crippen molar-refractivity contribution in [1.29, 1.82) is 0 Å². The predicted molar refractivity (Wildman–Crippen MR) is 120 cm³/mol. The van der Waals surface area contributed by atoms with Crippen molar-refractivity contribution in [2.75, 3.05) is 11.9 Å². The molecule has 1 aliphatic rings. The molecule has 35 heavy (non-hydrogen) atoms. The molecule has 1 saturated carbocycles. The van der Waals surface area contributed by atoms with Gasteiger partial charge in [0.05, 0.1) is 12.8 Å².